The van der Waals surface area contributed by atoms with E-state index < -0.39 is 89.4 Å². The number of nitrogens with zero attached hydrogens (tertiary/aromatic N) is 1. The number of carbonyl (C=O) groups excluding carboxylic acids is 8. The van der Waals surface area contributed by atoms with Crippen LogP contribution in [0.25, 0.3) is 10.9 Å². The Morgan fingerprint density at radius 3 is 2.22 bits per heavy atom. The lowest BCUT2D eigenvalue weighted by molar-refractivity contribution is -0.139. The highest BCUT2D eigenvalue weighted by Gasteiger charge is 2.46. The van der Waals surface area contributed by atoms with Crippen LogP contribution < -0.4 is 54.4 Å². The fourth-order valence-electron chi connectivity index (χ4n) is 9.67. The van der Waals surface area contributed by atoms with Gasteiger partial charge in [-0.05, 0) is 91.7 Å². The average Bonchev–Trinajstić information content (AvgIpc) is 3.79. The van der Waals surface area contributed by atoms with Crippen LogP contribution in [0.3, 0.4) is 0 Å². The zero-order valence-corrected chi connectivity index (χ0v) is 42.4. The molecule has 1 aromatic heterocycles. The van der Waals surface area contributed by atoms with Gasteiger partial charge in [0.15, 0.2) is 5.96 Å². The maximum absolute atomic E-state index is 15.3. The third kappa shape index (κ3) is 15.4. The van der Waals surface area contributed by atoms with Gasteiger partial charge in [0.05, 0.1) is 6.42 Å². The van der Waals surface area contributed by atoms with E-state index in [-0.39, 0.29) is 70.4 Å². The summed E-state index contributed by atoms with van der Waals surface area (Å²) < 4.78 is 0. The summed E-state index contributed by atoms with van der Waals surface area (Å²) in [5, 5.41) is 20.7. The second-order valence-electron chi connectivity index (χ2n) is 19.2. The number of primary amides is 1. The molecule has 20 nitrogen and oxygen atoms in total. The van der Waals surface area contributed by atoms with E-state index in [4.69, 9.17) is 17.2 Å². The molecule has 0 saturated carbocycles. The smallest absolute Gasteiger partial charge is 0.246 e. The number of benzene rings is 3. The van der Waals surface area contributed by atoms with Crippen molar-refractivity contribution in [2.24, 2.45) is 22.2 Å². The first-order valence-electron chi connectivity index (χ1n) is 25.7. The van der Waals surface area contributed by atoms with Crippen molar-refractivity contribution in [2.45, 2.75) is 146 Å². The molecule has 0 unspecified atom stereocenters. The largest absolute Gasteiger partial charge is 0.370 e. The molecule has 3 aromatic carbocycles. The topological polar surface area (TPSA) is 327 Å². The molecule has 2 heterocycles. The second-order valence-corrected chi connectivity index (χ2v) is 19.2. The zero-order valence-electron chi connectivity index (χ0n) is 42.4. The highest BCUT2D eigenvalue weighted by molar-refractivity contribution is 6.00. The van der Waals surface area contributed by atoms with Crippen LogP contribution in [0.4, 0.5) is 0 Å². The van der Waals surface area contributed by atoms with Crippen molar-refractivity contribution in [1.82, 2.24) is 42.2 Å². The summed E-state index contributed by atoms with van der Waals surface area (Å²) >= 11 is 0. The molecule has 1 fully saturated rings. The molecule has 14 N–H and O–H groups in total. The Kier molecular flexibility index (Phi) is 20.1. The van der Waals surface area contributed by atoms with Crippen LogP contribution >= 0.6 is 0 Å². The summed E-state index contributed by atoms with van der Waals surface area (Å²) in [6.07, 6.45) is 4.74. The Hall–Kier alpha value is -7.77. The summed E-state index contributed by atoms with van der Waals surface area (Å²) in [5.41, 5.74) is 20.5. The fraction of sp³-hybridized carbons (Fsp3) is 0.463. The summed E-state index contributed by atoms with van der Waals surface area (Å²) in [5.74, 6) is -5.67. The molecule has 4 aromatic rings. The van der Waals surface area contributed by atoms with Gasteiger partial charge in [-0.3, -0.25) is 43.3 Å². The minimum Gasteiger partial charge on any atom is -0.370 e. The number of guanidine groups is 1. The molecule has 20 heteroatoms. The highest BCUT2D eigenvalue weighted by Crippen LogP contribution is 2.32. The Bertz CT molecular complexity index is 2670. The lowest BCUT2D eigenvalue weighted by Crippen LogP contribution is -2.67. The summed E-state index contributed by atoms with van der Waals surface area (Å²) in [7, 11) is 0. The zero-order chi connectivity index (χ0) is 53.2. The molecule has 74 heavy (non-hydrogen) atoms. The van der Waals surface area contributed by atoms with E-state index in [1.54, 1.807) is 36.5 Å². The third-order valence-corrected chi connectivity index (χ3v) is 13.8. The van der Waals surface area contributed by atoms with Crippen molar-refractivity contribution < 1.29 is 38.4 Å². The lowest BCUT2D eigenvalue weighted by atomic mass is 9.75. The number of unbranched alkanes of at least 4 members (excludes halogenated alkanes) is 1. The van der Waals surface area contributed by atoms with Crippen molar-refractivity contribution in [1.29, 1.82) is 0 Å². The summed E-state index contributed by atoms with van der Waals surface area (Å²) in [6, 6.07) is 15.7. The van der Waals surface area contributed by atoms with Gasteiger partial charge in [-0.2, -0.15) is 0 Å². The monoisotopic (exact) mass is 1020 g/mol. The molecule has 2 aliphatic rings. The molecule has 1 aliphatic heterocycles. The molecule has 0 bridgehead atoms. The number of nitrogens with two attached hydrogens (primary N) is 3. The number of H-pyrrole nitrogens is 1. The standard InChI is InChI=1S/C54H72N12O8/c1-3-5-23-45(67)61-44-30-46(68)58-26-12-11-21-40(47(55)69)62-50(72)43(29-36-32-60-39-20-10-9-19-38(36)39)64-48(70)41(22-14-27-59-53(56)57)63-49(71)42(28-33-15-7-6-8-16-33)65-52(74)54(66-51(44)73)25-24-37-34(4-2)17-13-18-35(37)31-54/h6-10,13,15-20,32,40-44,60H,3-5,11-12,14,21-31H2,1-2H3,(H2,55,69)(H,58,68)(H,61,67)(H,62,72)(H,63,71)(H,64,70)(H,65,74)(H,66,73)(H4,56,57,59)/t40-,41-,42+,43-,44-,54-/m0/s1. The number of rotatable bonds is 14. The van der Waals surface area contributed by atoms with Gasteiger partial charge in [0.2, 0.25) is 47.3 Å². The van der Waals surface area contributed by atoms with E-state index in [9.17, 15) is 33.6 Å². The molecule has 1 aliphatic carbocycles. The maximum atomic E-state index is 15.3. The van der Waals surface area contributed by atoms with Gasteiger partial charge in [-0.1, -0.05) is 87.0 Å². The minimum atomic E-state index is -1.68. The number of hydrogen-bond donors (Lipinski definition) is 11. The second kappa shape index (κ2) is 26.8. The number of aliphatic imine (C=N–C) groups is 1. The highest BCUT2D eigenvalue weighted by atomic mass is 16.2. The van der Waals surface area contributed by atoms with Gasteiger partial charge in [-0.15, -0.1) is 0 Å². The van der Waals surface area contributed by atoms with Crippen LogP contribution in [-0.2, 0) is 70.5 Å². The number of aromatic nitrogens is 1. The van der Waals surface area contributed by atoms with E-state index in [1.807, 2.05) is 56.3 Å². The van der Waals surface area contributed by atoms with E-state index in [1.165, 1.54) is 0 Å². The van der Waals surface area contributed by atoms with Gasteiger partial charge in [-0.25, -0.2) is 0 Å². The van der Waals surface area contributed by atoms with E-state index in [0.717, 1.165) is 34.0 Å². The van der Waals surface area contributed by atoms with Gasteiger partial charge in [0.25, 0.3) is 0 Å². The van der Waals surface area contributed by atoms with Crippen LogP contribution in [0, 0.1) is 0 Å². The molecule has 8 amide bonds. The van der Waals surface area contributed by atoms with Crippen LogP contribution in [0.5, 0.6) is 0 Å². The normalized spacial score (nSPS) is 22.7. The Balaban J connectivity index is 1.42. The first-order chi connectivity index (χ1) is 35.6. The van der Waals surface area contributed by atoms with Crippen molar-refractivity contribution >= 4 is 64.1 Å². The van der Waals surface area contributed by atoms with Crippen LogP contribution in [-0.4, -0.2) is 107 Å². The molecule has 6 atom stereocenters. The number of aromatic amines is 1. The number of nitrogens with one attached hydrogen (secondary N) is 8. The van der Waals surface area contributed by atoms with Crippen molar-refractivity contribution in [3.05, 3.63) is 107 Å². The number of fused-ring (bicyclic) bond motifs is 2. The van der Waals surface area contributed by atoms with E-state index >= 15 is 4.79 Å². The molecule has 1 spiro atoms. The molecule has 1 saturated heterocycles. The van der Waals surface area contributed by atoms with Crippen molar-refractivity contribution in [3.63, 3.8) is 0 Å². The van der Waals surface area contributed by atoms with Gasteiger partial charge < -0.3 is 59.4 Å². The molecule has 6 rings (SSSR count). The fourth-order valence-corrected chi connectivity index (χ4v) is 9.67. The average molecular weight is 1020 g/mol. The summed E-state index contributed by atoms with van der Waals surface area (Å²) in [4.78, 5) is 121. The van der Waals surface area contributed by atoms with E-state index in [0.29, 0.717) is 43.2 Å². The van der Waals surface area contributed by atoms with Crippen molar-refractivity contribution in [2.75, 3.05) is 13.1 Å². The number of amides is 8. The predicted molar refractivity (Wildman–Crippen MR) is 281 cm³/mol. The maximum Gasteiger partial charge on any atom is 0.246 e. The summed E-state index contributed by atoms with van der Waals surface area (Å²) in [6.45, 7) is 4.17. The number of carbonyl (C=O) groups is 8. The van der Waals surface area contributed by atoms with Gasteiger partial charge >= 0.3 is 0 Å². The first-order valence-corrected chi connectivity index (χ1v) is 25.7. The SMILES string of the molecule is CCCCC(=O)N[C@H]1CC(=O)NCCCC[C@@H](C(N)=O)NC(=O)[C@H](Cc2c[nH]c3ccccc23)NC(=O)[C@H](CCCN=C(N)N)NC(=O)[C@@H](Cc2ccccc2)NC(=O)[C@@]2(CCc3c(CC)cccc3C2)NC1=O. The Morgan fingerprint density at radius 1 is 0.757 bits per heavy atom. The third-order valence-electron chi connectivity index (χ3n) is 13.8. The number of para-hydroxylation sites is 1. The van der Waals surface area contributed by atoms with Crippen LogP contribution in [0.2, 0.25) is 0 Å². The van der Waals surface area contributed by atoms with Crippen LogP contribution in [0.1, 0.15) is 106 Å². The molecular formula is C54H72N12O8. The van der Waals surface area contributed by atoms with Gasteiger partial charge in [0, 0.05) is 55.9 Å². The van der Waals surface area contributed by atoms with E-state index in [2.05, 4.69) is 47.2 Å². The minimum absolute atomic E-state index is 0.0135. The van der Waals surface area contributed by atoms with Crippen molar-refractivity contribution in [3.8, 4) is 0 Å². The van der Waals surface area contributed by atoms with Crippen LogP contribution in [0.15, 0.2) is 84.0 Å². The number of hydrogen-bond acceptors (Lipinski definition) is 9. The molecule has 396 valence electrons. The molecular weight excluding hydrogens is 945 g/mol. The van der Waals surface area contributed by atoms with Gasteiger partial charge in [0.1, 0.15) is 35.7 Å². The quantitative estimate of drug-likeness (QED) is 0.0490. The predicted octanol–water partition coefficient (Wildman–Crippen LogP) is 1.40. The first kappa shape index (κ1) is 55.5. The lowest BCUT2D eigenvalue weighted by Gasteiger charge is -2.40. The Labute approximate surface area is 431 Å². The molecule has 0 radical (unpaired) electrons. The number of aryl methyl sites for hydroxylation is 1. The Morgan fingerprint density at radius 2 is 1.47 bits per heavy atom.